The summed E-state index contributed by atoms with van der Waals surface area (Å²) in [4.78, 5) is 0. The van der Waals surface area contributed by atoms with E-state index in [2.05, 4.69) is 54.2 Å². The Labute approximate surface area is 121 Å². The summed E-state index contributed by atoms with van der Waals surface area (Å²) in [5.41, 5.74) is 6.41. The van der Waals surface area contributed by atoms with Gasteiger partial charge in [-0.05, 0) is 59.8 Å². The third kappa shape index (κ3) is 4.35. The van der Waals surface area contributed by atoms with Crippen LogP contribution in [0.5, 0.6) is 0 Å². The van der Waals surface area contributed by atoms with Gasteiger partial charge >= 0.3 is 0 Å². The van der Waals surface area contributed by atoms with Crippen LogP contribution in [-0.2, 0) is 0 Å². The fourth-order valence-corrected chi connectivity index (χ4v) is 2.47. The van der Waals surface area contributed by atoms with Crippen molar-refractivity contribution >= 4 is 23.5 Å². The Morgan fingerprint density at radius 2 is 1.95 bits per heavy atom. The van der Waals surface area contributed by atoms with Gasteiger partial charge < -0.3 is 9.88 Å². The molecule has 0 unspecified atom stereocenters. The van der Waals surface area contributed by atoms with E-state index in [0.717, 1.165) is 5.56 Å². The van der Waals surface area contributed by atoms with Crippen LogP contribution in [0, 0.1) is 13.8 Å². The number of hydrogen-bond acceptors (Lipinski definition) is 2. The molecule has 0 saturated carbocycles. The Morgan fingerprint density at radius 1 is 1.32 bits per heavy atom. The molecule has 0 aliphatic rings. The van der Waals surface area contributed by atoms with Crippen LogP contribution in [0.2, 0.25) is 0 Å². The summed E-state index contributed by atoms with van der Waals surface area (Å²) in [5.74, 6) is 0. The van der Waals surface area contributed by atoms with Gasteiger partial charge in [0.25, 0.3) is 0 Å². The van der Waals surface area contributed by atoms with Gasteiger partial charge in [0.15, 0.2) is 5.11 Å². The predicted octanol–water partition coefficient (Wildman–Crippen LogP) is 2.89. The minimum absolute atomic E-state index is 0.307. The van der Waals surface area contributed by atoms with E-state index >= 15 is 0 Å². The number of rotatable bonds is 4. The predicted molar refractivity (Wildman–Crippen MR) is 85.9 cm³/mol. The highest BCUT2D eigenvalue weighted by molar-refractivity contribution is 7.80. The van der Waals surface area contributed by atoms with E-state index < -0.39 is 0 Å². The highest BCUT2D eigenvalue weighted by Gasteiger charge is 2.09. The van der Waals surface area contributed by atoms with Crippen LogP contribution in [0.1, 0.15) is 50.7 Å². The number of aromatic nitrogens is 1. The van der Waals surface area contributed by atoms with Crippen molar-refractivity contribution in [3.8, 4) is 0 Å². The van der Waals surface area contributed by atoms with Crippen LogP contribution in [0.3, 0.4) is 0 Å². The standard InChI is InChI=1S/C14H24N4S/c1-9(2)16-14(19)17-15-8-13-7-11(5)18(10(3)4)12(13)6/h7-10H,1-6H3,(H2,16,17,19)/b15-8-. The first-order chi connectivity index (χ1) is 8.82. The Morgan fingerprint density at radius 3 is 2.42 bits per heavy atom. The van der Waals surface area contributed by atoms with Crippen LogP contribution in [-0.4, -0.2) is 21.9 Å². The minimum Gasteiger partial charge on any atom is -0.359 e. The normalized spacial score (nSPS) is 11.6. The van der Waals surface area contributed by atoms with Gasteiger partial charge in [0.1, 0.15) is 0 Å². The van der Waals surface area contributed by atoms with Gasteiger partial charge in [0.05, 0.1) is 6.21 Å². The van der Waals surface area contributed by atoms with Crippen LogP contribution in [0.15, 0.2) is 11.2 Å². The SMILES string of the molecule is Cc1cc(/C=N\NC(=S)NC(C)C)c(C)n1C(C)C. The average Bonchev–Trinajstić information content (AvgIpc) is 2.52. The maximum atomic E-state index is 5.11. The van der Waals surface area contributed by atoms with Crippen LogP contribution < -0.4 is 10.7 Å². The summed E-state index contributed by atoms with van der Waals surface area (Å²) < 4.78 is 2.30. The van der Waals surface area contributed by atoms with E-state index in [-0.39, 0.29) is 0 Å². The van der Waals surface area contributed by atoms with Gasteiger partial charge in [-0.2, -0.15) is 5.10 Å². The number of nitrogens with one attached hydrogen (secondary N) is 2. The lowest BCUT2D eigenvalue weighted by Crippen LogP contribution is -2.36. The Kier molecular flexibility index (Phi) is 5.54. The molecule has 0 spiro atoms. The van der Waals surface area contributed by atoms with E-state index in [1.807, 2.05) is 20.1 Å². The Bertz CT molecular complexity index is 472. The first-order valence-electron chi connectivity index (χ1n) is 6.61. The molecule has 0 aromatic carbocycles. The Balaban J connectivity index is 2.73. The van der Waals surface area contributed by atoms with Crippen molar-refractivity contribution in [3.05, 3.63) is 23.0 Å². The van der Waals surface area contributed by atoms with Crippen molar-refractivity contribution in [3.63, 3.8) is 0 Å². The molecule has 2 N–H and O–H groups in total. The fraction of sp³-hybridized carbons (Fsp3) is 0.571. The first-order valence-corrected chi connectivity index (χ1v) is 7.01. The molecule has 1 aromatic heterocycles. The number of hydrogen-bond donors (Lipinski definition) is 2. The minimum atomic E-state index is 0.307. The third-order valence-corrected chi connectivity index (χ3v) is 3.04. The molecule has 0 aliphatic carbocycles. The highest BCUT2D eigenvalue weighted by atomic mass is 32.1. The molecule has 1 heterocycles. The zero-order valence-corrected chi connectivity index (χ0v) is 13.4. The summed E-state index contributed by atoms with van der Waals surface area (Å²) in [6, 6.07) is 2.90. The molecule has 106 valence electrons. The molecular formula is C14H24N4S. The number of thiocarbonyl (C=S) groups is 1. The largest absolute Gasteiger partial charge is 0.359 e. The summed E-state index contributed by atoms with van der Waals surface area (Å²) in [6.07, 6.45) is 1.82. The maximum absolute atomic E-state index is 5.11. The number of aryl methyl sites for hydroxylation is 1. The summed E-state index contributed by atoms with van der Waals surface area (Å²) in [7, 11) is 0. The van der Waals surface area contributed by atoms with Crippen LogP contribution in [0.25, 0.3) is 0 Å². The average molecular weight is 280 g/mol. The highest BCUT2D eigenvalue weighted by Crippen LogP contribution is 2.18. The van der Waals surface area contributed by atoms with Gasteiger partial charge in [-0.15, -0.1) is 0 Å². The Hall–Kier alpha value is -1.36. The fourth-order valence-electron chi connectivity index (χ4n) is 2.18. The monoisotopic (exact) mass is 280 g/mol. The van der Waals surface area contributed by atoms with E-state index in [1.54, 1.807) is 0 Å². The maximum Gasteiger partial charge on any atom is 0.187 e. The van der Waals surface area contributed by atoms with Gasteiger partial charge in [-0.25, -0.2) is 0 Å². The zero-order valence-electron chi connectivity index (χ0n) is 12.6. The van der Waals surface area contributed by atoms with Crippen molar-refractivity contribution in [2.45, 2.75) is 53.6 Å². The van der Waals surface area contributed by atoms with Crippen molar-refractivity contribution in [1.82, 2.24) is 15.3 Å². The molecular weight excluding hydrogens is 256 g/mol. The molecule has 0 atom stereocenters. The summed E-state index contributed by atoms with van der Waals surface area (Å²) in [5, 5.41) is 7.80. The van der Waals surface area contributed by atoms with Crippen molar-refractivity contribution in [2.75, 3.05) is 0 Å². The lowest BCUT2D eigenvalue weighted by atomic mass is 10.2. The van der Waals surface area contributed by atoms with Crippen molar-refractivity contribution < 1.29 is 0 Å². The summed E-state index contributed by atoms with van der Waals surface area (Å²) in [6.45, 7) is 12.7. The van der Waals surface area contributed by atoms with E-state index in [1.165, 1.54) is 11.4 Å². The van der Waals surface area contributed by atoms with Crippen molar-refractivity contribution in [2.24, 2.45) is 5.10 Å². The molecule has 0 fully saturated rings. The topological polar surface area (TPSA) is 41.4 Å². The smallest absolute Gasteiger partial charge is 0.187 e. The molecule has 0 radical (unpaired) electrons. The molecule has 1 rings (SSSR count). The molecule has 0 bridgehead atoms. The second-order valence-electron chi connectivity index (χ2n) is 5.29. The number of nitrogens with zero attached hydrogens (tertiary/aromatic N) is 2. The molecule has 0 saturated heterocycles. The molecule has 1 aromatic rings. The zero-order chi connectivity index (χ0) is 14.6. The van der Waals surface area contributed by atoms with Crippen molar-refractivity contribution in [1.29, 1.82) is 0 Å². The number of hydrazone groups is 1. The molecule has 0 aliphatic heterocycles. The molecule has 5 heteroatoms. The van der Waals surface area contributed by atoms with Crippen LogP contribution >= 0.6 is 12.2 Å². The molecule has 19 heavy (non-hydrogen) atoms. The van der Waals surface area contributed by atoms with Crippen LogP contribution in [0.4, 0.5) is 0 Å². The molecule has 0 amide bonds. The second-order valence-corrected chi connectivity index (χ2v) is 5.70. The quantitative estimate of drug-likeness (QED) is 0.506. The summed E-state index contributed by atoms with van der Waals surface area (Å²) >= 11 is 5.11. The van der Waals surface area contributed by atoms with E-state index in [4.69, 9.17) is 12.2 Å². The van der Waals surface area contributed by atoms with Gasteiger partial charge in [-0.1, -0.05) is 0 Å². The second kappa shape index (κ2) is 6.70. The molecule has 4 nitrogen and oxygen atoms in total. The lowest BCUT2D eigenvalue weighted by molar-refractivity contribution is 0.574. The van der Waals surface area contributed by atoms with Gasteiger partial charge in [0.2, 0.25) is 0 Å². The third-order valence-electron chi connectivity index (χ3n) is 2.83. The van der Waals surface area contributed by atoms with E-state index in [9.17, 15) is 0 Å². The first kappa shape index (κ1) is 15.7. The van der Waals surface area contributed by atoms with Gasteiger partial charge in [0, 0.05) is 29.0 Å². The van der Waals surface area contributed by atoms with E-state index in [0.29, 0.717) is 17.2 Å². The lowest BCUT2D eigenvalue weighted by Gasteiger charge is -2.13. The van der Waals surface area contributed by atoms with Gasteiger partial charge in [-0.3, -0.25) is 5.43 Å².